The van der Waals surface area contributed by atoms with Gasteiger partial charge in [-0.05, 0) is 36.2 Å². The molecule has 0 saturated carbocycles. The number of aromatic nitrogens is 1. The lowest BCUT2D eigenvalue weighted by Crippen LogP contribution is -2.18. The van der Waals surface area contributed by atoms with E-state index in [4.69, 9.17) is 0 Å². The molecule has 0 radical (unpaired) electrons. The number of amides is 1. The maximum absolute atomic E-state index is 12.7. The van der Waals surface area contributed by atoms with Crippen LogP contribution < -0.4 is 5.32 Å². The van der Waals surface area contributed by atoms with Crippen LogP contribution in [0.25, 0.3) is 21.8 Å². The first-order valence-corrected chi connectivity index (χ1v) is 8.84. The minimum Gasteiger partial charge on any atom is -0.326 e. The predicted octanol–water partition coefficient (Wildman–Crippen LogP) is 5.38. The molecule has 0 aliphatic carbocycles. The van der Waals surface area contributed by atoms with E-state index in [0.29, 0.717) is 23.4 Å². The topological polar surface area (TPSA) is 42.0 Å². The molecule has 132 valence electrons. The van der Waals surface area contributed by atoms with Gasteiger partial charge in [0.1, 0.15) is 5.01 Å². The third kappa shape index (κ3) is 3.22. The fourth-order valence-electron chi connectivity index (χ4n) is 2.88. The van der Waals surface area contributed by atoms with Crippen LogP contribution in [0.2, 0.25) is 0 Å². The molecule has 2 heterocycles. The molecule has 26 heavy (non-hydrogen) atoms. The number of benzene rings is 2. The van der Waals surface area contributed by atoms with Gasteiger partial charge in [-0.25, -0.2) is 4.98 Å². The number of nitrogens with zero attached hydrogens (tertiary/aromatic N) is 1. The van der Waals surface area contributed by atoms with E-state index in [0.717, 1.165) is 34.6 Å². The summed E-state index contributed by atoms with van der Waals surface area (Å²) in [4.78, 5) is 16.0. The zero-order valence-electron chi connectivity index (χ0n) is 13.4. The second-order valence-corrected chi connectivity index (χ2v) is 6.89. The van der Waals surface area contributed by atoms with Gasteiger partial charge in [0.15, 0.2) is 0 Å². The van der Waals surface area contributed by atoms with Gasteiger partial charge < -0.3 is 5.32 Å². The largest absolute Gasteiger partial charge is 0.416 e. The molecule has 1 N–H and O–H groups in total. The van der Waals surface area contributed by atoms with E-state index in [2.05, 4.69) is 10.3 Å². The molecule has 1 aliphatic heterocycles. The van der Waals surface area contributed by atoms with E-state index in [-0.39, 0.29) is 5.91 Å². The minimum absolute atomic E-state index is 0.0171. The molecule has 0 atom stereocenters. The lowest BCUT2D eigenvalue weighted by molar-refractivity contribution is -0.137. The van der Waals surface area contributed by atoms with Gasteiger partial charge in [-0.3, -0.25) is 4.79 Å². The normalized spacial score (nSPS) is 14.0. The van der Waals surface area contributed by atoms with Crippen molar-refractivity contribution in [2.75, 3.05) is 5.32 Å². The zero-order chi connectivity index (χ0) is 18.3. The van der Waals surface area contributed by atoms with E-state index < -0.39 is 11.7 Å². The van der Waals surface area contributed by atoms with Crippen LogP contribution in [0.3, 0.4) is 0 Å². The van der Waals surface area contributed by atoms with Gasteiger partial charge in [0.2, 0.25) is 5.91 Å². The molecule has 4 rings (SSSR count). The number of aryl methyl sites for hydroxylation is 1. The van der Waals surface area contributed by atoms with Gasteiger partial charge >= 0.3 is 6.18 Å². The number of rotatable bonds is 2. The van der Waals surface area contributed by atoms with Gasteiger partial charge in [-0.15, -0.1) is 11.3 Å². The highest BCUT2D eigenvalue weighted by atomic mass is 32.1. The van der Waals surface area contributed by atoms with Crippen molar-refractivity contribution >= 4 is 22.9 Å². The summed E-state index contributed by atoms with van der Waals surface area (Å²) in [5, 5.41) is 5.39. The van der Waals surface area contributed by atoms with Gasteiger partial charge in [0, 0.05) is 28.6 Å². The summed E-state index contributed by atoms with van der Waals surface area (Å²) in [5.74, 6) is 0.0171. The van der Waals surface area contributed by atoms with E-state index >= 15 is 0 Å². The van der Waals surface area contributed by atoms with Crippen molar-refractivity contribution in [3.05, 3.63) is 59.0 Å². The predicted molar refractivity (Wildman–Crippen MR) is 94.9 cm³/mol. The average Bonchev–Trinajstić information content (AvgIpc) is 3.11. The monoisotopic (exact) mass is 374 g/mol. The van der Waals surface area contributed by atoms with Crippen molar-refractivity contribution in [1.29, 1.82) is 0 Å². The first-order valence-electron chi connectivity index (χ1n) is 7.96. The van der Waals surface area contributed by atoms with Crippen LogP contribution in [0.15, 0.2) is 47.8 Å². The summed E-state index contributed by atoms with van der Waals surface area (Å²) >= 11 is 1.39. The fourth-order valence-corrected chi connectivity index (χ4v) is 3.72. The number of fused-ring (bicyclic) bond motifs is 1. The highest BCUT2D eigenvalue weighted by Gasteiger charge is 2.30. The maximum atomic E-state index is 12.7. The Morgan fingerprint density at radius 2 is 1.73 bits per heavy atom. The van der Waals surface area contributed by atoms with Crippen LogP contribution >= 0.6 is 11.3 Å². The SMILES string of the molecule is O=C1CCc2cc(-c3csc(-c4ccc(C(F)(F)F)cc4)n3)ccc2N1. The summed E-state index contributed by atoms with van der Waals surface area (Å²) in [7, 11) is 0. The molecule has 2 aromatic carbocycles. The lowest BCUT2D eigenvalue weighted by Gasteiger charge is -2.17. The lowest BCUT2D eigenvalue weighted by atomic mass is 9.99. The van der Waals surface area contributed by atoms with Crippen molar-refractivity contribution in [1.82, 2.24) is 4.98 Å². The third-order valence-electron chi connectivity index (χ3n) is 4.26. The number of halogens is 3. The first kappa shape index (κ1) is 16.8. The average molecular weight is 374 g/mol. The van der Waals surface area contributed by atoms with E-state index in [1.54, 1.807) is 0 Å². The van der Waals surface area contributed by atoms with Gasteiger partial charge in [-0.2, -0.15) is 13.2 Å². The number of alkyl halides is 3. The van der Waals surface area contributed by atoms with Gasteiger partial charge in [-0.1, -0.05) is 18.2 Å². The summed E-state index contributed by atoms with van der Waals surface area (Å²) in [6.07, 6.45) is -3.19. The molecule has 7 heteroatoms. The molecule has 0 bridgehead atoms. The Kier molecular flexibility index (Phi) is 4.03. The number of anilines is 1. The zero-order valence-corrected chi connectivity index (χ0v) is 14.2. The van der Waals surface area contributed by atoms with E-state index in [1.165, 1.54) is 23.5 Å². The van der Waals surface area contributed by atoms with Gasteiger partial charge in [0.05, 0.1) is 11.3 Å². The molecule has 1 aromatic heterocycles. The Morgan fingerprint density at radius 1 is 1.00 bits per heavy atom. The van der Waals surface area contributed by atoms with E-state index in [9.17, 15) is 18.0 Å². The smallest absolute Gasteiger partial charge is 0.326 e. The Morgan fingerprint density at radius 3 is 2.46 bits per heavy atom. The number of carbonyl (C=O) groups is 1. The number of carbonyl (C=O) groups excluding carboxylic acids is 1. The third-order valence-corrected chi connectivity index (χ3v) is 5.15. The molecule has 1 amide bonds. The van der Waals surface area contributed by atoms with Crippen molar-refractivity contribution in [3.8, 4) is 21.8 Å². The molecule has 3 aromatic rings. The Balaban J connectivity index is 1.61. The molecule has 3 nitrogen and oxygen atoms in total. The molecule has 0 fully saturated rings. The highest BCUT2D eigenvalue weighted by molar-refractivity contribution is 7.13. The molecule has 1 aliphatic rings. The van der Waals surface area contributed by atoms with Crippen molar-refractivity contribution in [3.63, 3.8) is 0 Å². The Labute approximate surface area is 151 Å². The molecular formula is C19H13F3N2OS. The summed E-state index contributed by atoms with van der Waals surface area (Å²) in [6.45, 7) is 0. The summed E-state index contributed by atoms with van der Waals surface area (Å²) in [6, 6.07) is 10.8. The number of thiazole rings is 1. The second kappa shape index (κ2) is 6.25. The Bertz CT molecular complexity index is 977. The fraction of sp³-hybridized carbons (Fsp3) is 0.158. The maximum Gasteiger partial charge on any atom is 0.416 e. The van der Waals surface area contributed by atoms with E-state index in [1.807, 2.05) is 23.6 Å². The van der Waals surface area contributed by atoms with Crippen molar-refractivity contribution in [2.45, 2.75) is 19.0 Å². The van der Waals surface area contributed by atoms with Gasteiger partial charge in [0.25, 0.3) is 0 Å². The highest BCUT2D eigenvalue weighted by Crippen LogP contribution is 2.34. The number of hydrogen-bond acceptors (Lipinski definition) is 3. The molecule has 0 spiro atoms. The molecular weight excluding hydrogens is 361 g/mol. The Hall–Kier alpha value is -2.67. The quantitative estimate of drug-likeness (QED) is 0.654. The van der Waals surface area contributed by atoms with Crippen LogP contribution in [0.5, 0.6) is 0 Å². The van der Waals surface area contributed by atoms with Crippen molar-refractivity contribution < 1.29 is 18.0 Å². The second-order valence-electron chi connectivity index (χ2n) is 6.03. The van der Waals surface area contributed by atoms with Crippen molar-refractivity contribution in [2.24, 2.45) is 0 Å². The van der Waals surface area contributed by atoms with Crippen LogP contribution in [0.4, 0.5) is 18.9 Å². The van der Waals surface area contributed by atoms with Crippen LogP contribution in [-0.2, 0) is 17.4 Å². The summed E-state index contributed by atoms with van der Waals surface area (Å²) in [5.41, 5.74) is 3.56. The molecule has 0 saturated heterocycles. The first-order chi connectivity index (χ1) is 12.4. The minimum atomic E-state index is -4.34. The standard InChI is InChI=1S/C19H13F3N2OS/c20-19(21,22)14-5-1-11(2-6-14)18-24-16(10-26-18)13-3-7-15-12(9-13)4-8-17(25)23-15/h1-3,5-7,9-10H,4,8H2,(H,23,25). The summed E-state index contributed by atoms with van der Waals surface area (Å²) < 4.78 is 38.0. The number of hydrogen-bond donors (Lipinski definition) is 1. The number of nitrogens with one attached hydrogen (secondary N) is 1. The molecule has 0 unspecified atom stereocenters. The van der Waals surface area contributed by atoms with Crippen LogP contribution in [0.1, 0.15) is 17.5 Å². The van der Waals surface area contributed by atoms with Crippen LogP contribution in [0, 0.1) is 0 Å². The van der Waals surface area contributed by atoms with Crippen LogP contribution in [-0.4, -0.2) is 10.9 Å².